The van der Waals surface area contributed by atoms with Crippen LogP contribution < -0.4 is 16.0 Å². The zero-order chi connectivity index (χ0) is 87.2. The number of nitrogens with one attached hydrogen (secondary N) is 3. The molecule has 624 valence electrons. The van der Waals surface area contributed by atoms with Gasteiger partial charge in [0.05, 0.1) is 64.0 Å². The molecule has 0 aliphatic carbocycles. The molecule has 1 aromatic heterocycles. The summed E-state index contributed by atoms with van der Waals surface area (Å²) in [7, 11) is 0. The maximum atomic E-state index is 11.8. The minimum absolute atomic E-state index is 0.00179. The minimum Gasteiger partial charge on any atom is -0.507 e. The van der Waals surface area contributed by atoms with Gasteiger partial charge in [-0.15, -0.1) is 0 Å². The van der Waals surface area contributed by atoms with Crippen molar-refractivity contribution in [3.8, 4) is 11.9 Å². The highest BCUT2D eigenvalue weighted by atomic mass is 16.6. The molecule has 2 aliphatic heterocycles. The number of para-hydroxylation sites is 1. The number of hydrogen-bond acceptors (Lipinski definition) is 19. The number of benzene rings is 9. The fourth-order valence-corrected chi connectivity index (χ4v) is 10.9. The Morgan fingerprint density at radius 1 is 0.479 bits per heavy atom. The van der Waals surface area contributed by atoms with Crippen LogP contribution in [-0.2, 0) is 123 Å². The topological polar surface area (TPSA) is 334 Å². The number of phenolic OH excluding ortho intramolecular Hbond substituents is 1. The number of ether oxygens (including phenoxy) is 3. The predicted molar refractivity (Wildman–Crippen MR) is 458 cm³/mol. The molecule has 8 amide bonds. The highest BCUT2D eigenvalue weighted by molar-refractivity contribution is 6.13. The molecule has 0 bridgehead atoms. The summed E-state index contributed by atoms with van der Waals surface area (Å²) < 4.78 is 19.4. The molecule has 0 saturated carbocycles. The second-order valence-corrected chi connectivity index (χ2v) is 26.6. The molecule has 4 N–H and O–H groups in total. The van der Waals surface area contributed by atoms with Crippen LogP contribution in [-0.4, -0.2) is 115 Å². The molecule has 25 nitrogen and oxygen atoms in total. The third-order valence-electron chi connectivity index (χ3n) is 16.9. The lowest BCUT2D eigenvalue weighted by Gasteiger charge is -2.21. The molecule has 12 rings (SSSR count). The van der Waals surface area contributed by atoms with Crippen molar-refractivity contribution in [3.05, 3.63) is 378 Å². The maximum absolute atomic E-state index is 11.8. The molecule has 9 aromatic carbocycles. The molecule has 0 spiro atoms. The summed E-state index contributed by atoms with van der Waals surface area (Å²) in [5.41, 5.74) is 10.2. The molecular formula is C96H99N9O16. The Bertz CT molecular complexity index is 4870. The normalized spacial score (nSPS) is 11.3. The third kappa shape index (κ3) is 38.9. The summed E-state index contributed by atoms with van der Waals surface area (Å²) in [6.07, 6.45) is 9.49. The molecule has 25 heteroatoms. The van der Waals surface area contributed by atoms with Gasteiger partial charge in [0.1, 0.15) is 30.5 Å². The monoisotopic (exact) mass is 1630 g/mol. The zero-order valence-electron chi connectivity index (χ0n) is 68.0. The number of ketones is 1. The highest BCUT2D eigenvalue weighted by Gasteiger charge is 2.26. The molecule has 2 aliphatic rings. The molecule has 0 atom stereocenters. The highest BCUT2D eigenvalue weighted by Crippen LogP contribution is 2.19. The van der Waals surface area contributed by atoms with Crippen molar-refractivity contribution in [2.45, 2.75) is 106 Å². The molecule has 0 fully saturated rings. The average molecular weight is 1630 g/mol. The fourth-order valence-electron chi connectivity index (χ4n) is 10.9. The Kier molecular flexibility index (Phi) is 42.7. The van der Waals surface area contributed by atoms with Gasteiger partial charge in [-0.2, -0.15) is 5.26 Å². The van der Waals surface area contributed by atoms with E-state index in [0.717, 1.165) is 77.4 Å². The Morgan fingerprint density at radius 3 is 1.27 bits per heavy atom. The number of nitriles is 1. The molecule has 0 saturated heterocycles. The Hall–Kier alpha value is -15.2. The van der Waals surface area contributed by atoms with E-state index in [9.17, 15) is 57.8 Å². The zero-order valence-corrected chi connectivity index (χ0v) is 68.0. The quantitative estimate of drug-likeness (QED) is 0.00374. The van der Waals surface area contributed by atoms with Gasteiger partial charge in [-0.3, -0.25) is 57.9 Å². The Labute approximate surface area is 704 Å². The van der Waals surface area contributed by atoms with E-state index >= 15 is 0 Å². The Balaban J connectivity index is 0.000000220. The fraction of sp³-hybridized carbons (Fsp3) is 0.198. The molecular weight excluding hydrogens is 1540 g/mol. The van der Waals surface area contributed by atoms with Crippen LogP contribution >= 0.6 is 0 Å². The number of hydrogen-bond donors (Lipinski definition) is 4. The van der Waals surface area contributed by atoms with Gasteiger partial charge < -0.3 is 49.5 Å². The van der Waals surface area contributed by atoms with Crippen LogP contribution in [0.5, 0.6) is 5.75 Å². The number of carbonyl (C=O) groups excluding carboxylic acids is 11. The van der Waals surface area contributed by atoms with Crippen molar-refractivity contribution in [2.75, 3.05) is 19.8 Å². The number of furan rings is 1. The third-order valence-corrected chi connectivity index (χ3v) is 16.9. The number of esters is 2. The Morgan fingerprint density at radius 2 is 0.876 bits per heavy atom. The summed E-state index contributed by atoms with van der Waals surface area (Å²) in [6.45, 7) is 15.1. The summed E-state index contributed by atoms with van der Waals surface area (Å²) in [6, 6.07) is 86.2. The predicted octanol–water partition coefficient (Wildman–Crippen LogP) is 14.4. The van der Waals surface area contributed by atoms with E-state index in [1.165, 1.54) is 37.3 Å². The molecule has 0 unspecified atom stereocenters. The number of carbonyl (C=O) groups is 11. The number of imide groups is 2. The smallest absolute Gasteiger partial charge is 0.407 e. The van der Waals surface area contributed by atoms with Crippen LogP contribution in [0.15, 0.2) is 326 Å². The van der Waals surface area contributed by atoms with Crippen LogP contribution in [0.4, 0.5) is 4.79 Å². The maximum Gasteiger partial charge on any atom is 0.407 e. The lowest BCUT2D eigenvalue weighted by Crippen LogP contribution is -2.30. The van der Waals surface area contributed by atoms with Crippen LogP contribution in [0.1, 0.15) is 107 Å². The number of aliphatic imine (C=N–C) groups is 1. The number of phenols is 1. The van der Waals surface area contributed by atoms with Crippen molar-refractivity contribution in [3.63, 3.8) is 0 Å². The second-order valence-electron chi connectivity index (χ2n) is 26.6. The van der Waals surface area contributed by atoms with Gasteiger partial charge in [0.2, 0.25) is 11.8 Å². The van der Waals surface area contributed by atoms with Crippen LogP contribution in [0, 0.1) is 11.5 Å². The number of amides is 8. The summed E-state index contributed by atoms with van der Waals surface area (Å²) in [4.78, 5) is 134. The van der Waals surface area contributed by atoms with Crippen molar-refractivity contribution in [1.29, 1.82) is 5.26 Å². The second kappa shape index (κ2) is 54.6. The van der Waals surface area contributed by atoms with Gasteiger partial charge in [-0.05, 0) is 95.1 Å². The van der Waals surface area contributed by atoms with Gasteiger partial charge in [0.15, 0.2) is 6.19 Å². The van der Waals surface area contributed by atoms with Crippen molar-refractivity contribution in [1.82, 2.24) is 35.6 Å². The van der Waals surface area contributed by atoms with Gasteiger partial charge in [-0.25, -0.2) is 9.59 Å². The van der Waals surface area contributed by atoms with E-state index < -0.39 is 12.1 Å². The van der Waals surface area contributed by atoms with Gasteiger partial charge in [0.25, 0.3) is 29.5 Å². The van der Waals surface area contributed by atoms with Crippen molar-refractivity contribution in [2.24, 2.45) is 4.99 Å². The SMILES string of the molecule is C=CC(=O)OCCOC(=O)NCc1ccccc1.CC(=O)CC(=O)NCc1ccccc1.CC(=O)N(Cc1ccccc1)Cc1ccccc1.CCOC(=O)CC(C)=NCc1ccco1.N#CN(Cc1ccccc1)Cc1ccccc1.O=C(NCc1ccccc1)c1ccccc1O.O=C1C=CC(=O)N1Cc1cccc(CN2C(=O)C=CC2=O)c1. The number of aromatic hydroxyl groups is 1. The van der Waals surface area contributed by atoms with Gasteiger partial charge >= 0.3 is 18.0 Å². The van der Waals surface area contributed by atoms with E-state index in [4.69, 9.17) is 19.2 Å². The van der Waals surface area contributed by atoms with E-state index in [2.05, 4.69) is 38.5 Å². The molecule has 121 heavy (non-hydrogen) atoms. The van der Waals surface area contributed by atoms with Crippen molar-refractivity contribution >= 4 is 70.9 Å². The average Bonchev–Trinajstić information content (AvgIpc) is 1.72. The first-order valence-corrected chi connectivity index (χ1v) is 38.6. The van der Waals surface area contributed by atoms with Crippen LogP contribution in [0.3, 0.4) is 0 Å². The number of nitrogens with zero attached hydrogens (tertiary/aromatic N) is 6. The summed E-state index contributed by atoms with van der Waals surface area (Å²) in [5, 5.41) is 26.6. The number of rotatable bonds is 30. The van der Waals surface area contributed by atoms with Gasteiger partial charge in [0, 0.05) is 75.7 Å². The first kappa shape index (κ1) is 94.7. The minimum atomic E-state index is -0.548. The van der Waals surface area contributed by atoms with Crippen LogP contribution in [0.25, 0.3) is 0 Å². The van der Waals surface area contributed by atoms with Crippen molar-refractivity contribution < 1.29 is 76.5 Å². The van der Waals surface area contributed by atoms with E-state index in [0.29, 0.717) is 64.5 Å². The largest absolute Gasteiger partial charge is 0.507 e. The number of alkyl carbamates (subject to hydrolysis) is 1. The van der Waals surface area contributed by atoms with Crippen LogP contribution in [0.2, 0.25) is 0 Å². The molecule has 10 aromatic rings. The van der Waals surface area contributed by atoms with Gasteiger partial charge in [-0.1, -0.05) is 255 Å². The standard InChI is InChI=1S/C16H12N2O4.C16H17NO.C15H14N2.C14H13NO2.C13H15NO4.C11H15NO3.C11H13NO2/c19-13-4-5-14(20)17(13)9-11-2-1-3-12(8-11)10-18-15(21)6-7-16(18)22;1-14(18)17(12-15-8-4-2-5-9-15)13-16-10-6-3-7-11-16;16-13-17(11-14-7-3-1-4-8-14)12-15-9-5-2-6-10-15;16-13-9-5-4-8-12(13)14(17)15-10-11-6-2-1-3-7-11;1-2-12(15)17-8-9-18-13(16)14-10-11-6-4-3-5-7-11;1-3-14-11(13)7-9(2)12-8-10-5-4-6-15-10;1-9(13)7-11(14)12-8-10-5-3-2-4-6-10/h1-8H,9-10H2;2-11H,12-13H2,1H3;1-10H,11-12H2;1-9,16H,10H2,(H,15,17);2-7H,1,8-10H2,(H,14,16);4-6H,3,7-8H2,1-2H3;2-6H,7-8H2,1H3,(H,12,14). The molecule has 3 heterocycles. The lowest BCUT2D eigenvalue weighted by atomic mass is 10.1. The summed E-state index contributed by atoms with van der Waals surface area (Å²) >= 11 is 0. The lowest BCUT2D eigenvalue weighted by molar-refractivity contribution is -0.142. The van der Waals surface area contributed by atoms with E-state index in [1.807, 2.05) is 229 Å². The van der Waals surface area contributed by atoms with E-state index in [1.54, 1.807) is 74.4 Å². The molecule has 0 radical (unpaired) electrons. The van der Waals surface area contributed by atoms with E-state index in [-0.39, 0.29) is 98.0 Å². The summed E-state index contributed by atoms with van der Waals surface area (Å²) in [5.74, 6) is -1.87. The first-order chi connectivity index (χ1) is 58.6. The first-order valence-electron chi connectivity index (χ1n) is 38.6. The number of Topliss-reactive ketones (excluding diaryl/α,β-unsaturated/α-hetero) is 1.